The number of carbonyl (C=O) groups is 2. The van der Waals surface area contributed by atoms with Crippen LogP contribution in [0, 0.1) is 0 Å². The van der Waals surface area contributed by atoms with E-state index in [1.165, 1.54) is 0 Å². The van der Waals surface area contributed by atoms with E-state index in [2.05, 4.69) is 75.5 Å². The van der Waals surface area contributed by atoms with Crippen LogP contribution in [-0.2, 0) is 51.0 Å². The summed E-state index contributed by atoms with van der Waals surface area (Å²) in [4.78, 5) is 22.8. The molecule has 4 aromatic rings. The highest BCUT2D eigenvalue weighted by Crippen LogP contribution is 2.36. The largest absolute Gasteiger partial charge is 0.494 e. The van der Waals surface area contributed by atoms with Crippen molar-refractivity contribution in [2.24, 2.45) is 0 Å². The minimum atomic E-state index is -0.587. The molecule has 0 bridgehead atoms. The van der Waals surface area contributed by atoms with E-state index in [9.17, 15) is 14.7 Å². The maximum absolute atomic E-state index is 11.7. The van der Waals surface area contributed by atoms with Crippen molar-refractivity contribution in [3.05, 3.63) is 133 Å². The van der Waals surface area contributed by atoms with Gasteiger partial charge in [-0.25, -0.2) is 0 Å². The summed E-state index contributed by atoms with van der Waals surface area (Å²) in [7, 11) is -0.328. The topological polar surface area (TPSA) is 112 Å². The maximum Gasteiger partial charge on any atom is 0.494 e. The van der Waals surface area contributed by atoms with E-state index in [1.807, 2.05) is 146 Å². The number of hydrogen-bond acceptors (Lipinski definition) is 8. The lowest BCUT2D eigenvalue weighted by molar-refractivity contribution is -0.148. The van der Waals surface area contributed by atoms with E-state index in [1.54, 1.807) is 6.92 Å². The number of benzene rings is 4. The predicted molar refractivity (Wildman–Crippen MR) is 255 cm³/mol. The van der Waals surface area contributed by atoms with Gasteiger partial charge in [0.2, 0.25) is 0 Å². The predicted octanol–water partition coefficient (Wildman–Crippen LogP) is 10.8. The molecular formula is C48H64BBr3O8. The zero-order valence-electron chi connectivity index (χ0n) is 37.3. The number of ether oxygens (including phenoxy) is 2. The molecule has 5 rings (SSSR count). The molecule has 0 aliphatic carbocycles. The fourth-order valence-electron chi connectivity index (χ4n) is 5.43. The summed E-state index contributed by atoms with van der Waals surface area (Å²) in [6.45, 7) is 24.8. The highest BCUT2D eigenvalue weighted by Gasteiger charge is 2.51. The Bertz CT molecular complexity index is 1890. The van der Waals surface area contributed by atoms with E-state index in [0.29, 0.717) is 19.6 Å². The van der Waals surface area contributed by atoms with Gasteiger partial charge >= 0.3 is 19.1 Å². The fraction of sp³-hybridized carbons (Fsp3) is 0.458. The van der Waals surface area contributed by atoms with Gasteiger partial charge in [-0.1, -0.05) is 136 Å². The number of hydrogen-bond donors (Lipinski definition) is 2. The monoisotopic (exact) mass is 1020 g/mol. The first-order valence-electron chi connectivity index (χ1n) is 20.1. The molecular weight excluding hydrogens is 955 g/mol. The SMILES string of the molecule is CC(C)(CO)c1ccc(B2OC(C)(C)C(C)(C)O2)cc1.CC(C)(CO)c1ccc(Br)cc1.CCOC(=O)C(C)(C)c1ccc(Br)cc1.CCOC(=O)Cc1ccc(Br)cc1. The molecule has 60 heavy (non-hydrogen) atoms. The molecule has 0 spiro atoms. The third kappa shape index (κ3) is 16.1. The molecule has 8 nitrogen and oxygen atoms in total. The molecule has 328 valence electrons. The van der Waals surface area contributed by atoms with Crippen molar-refractivity contribution in [1.29, 1.82) is 0 Å². The van der Waals surface area contributed by atoms with Crippen LogP contribution in [0.3, 0.4) is 0 Å². The summed E-state index contributed by atoms with van der Waals surface area (Å²) in [5, 5.41) is 18.5. The van der Waals surface area contributed by atoms with E-state index in [-0.39, 0.29) is 54.3 Å². The second-order valence-electron chi connectivity index (χ2n) is 17.3. The Labute approximate surface area is 384 Å². The third-order valence-corrected chi connectivity index (χ3v) is 12.1. The van der Waals surface area contributed by atoms with E-state index >= 15 is 0 Å². The third-order valence-electron chi connectivity index (χ3n) is 10.6. The number of esters is 2. The van der Waals surface area contributed by atoms with Crippen LogP contribution in [0.5, 0.6) is 0 Å². The molecule has 0 aromatic heterocycles. The van der Waals surface area contributed by atoms with E-state index < -0.39 is 5.41 Å². The lowest BCUT2D eigenvalue weighted by Gasteiger charge is -2.32. The van der Waals surface area contributed by atoms with Crippen LogP contribution < -0.4 is 5.46 Å². The first kappa shape index (κ1) is 53.3. The lowest BCUT2D eigenvalue weighted by atomic mass is 9.76. The first-order valence-corrected chi connectivity index (χ1v) is 22.5. The number of carbonyl (C=O) groups excluding carboxylic acids is 2. The van der Waals surface area contributed by atoms with Crippen molar-refractivity contribution in [2.75, 3.05) is 26.4 Å². The van der Waals surface area contributed by atoms with Crippen molar-refractivity contribution >= 4 is 72.3 Å². The number of rotatable bonds is 11. The van der Waals surface area contributed by atoms with E-state index in [0.717, 1.165) is 41.1 Å². The summed E-state index contributed by atoms with van der Waals surface area (Å²) >= 11 is 10.1. The van der Waals surface area contributed by atoms with Gasteiger partial charge in [-0.3, -0.25) is 9.59 Å². The van der Waals surface area contributed by atoms with Crippen molar-refractivity contribution < 1.29 is 38.6 Å². The molecule has 0 unspecified atom stereocenters. The van der Waals surface area contributed by atoms with Crippen LogP contribution in [-0.4, -0.2) is 66.9 Å². The summed E-state index contributed by atoms with van der Waals surface area (Å²) in [5.41, 5.74) is 3.63. The van der Waals surface area contributed by atoms with Gasteiger partial charge in [0.15, 0.2) is 0 Å². The van der Waals surface area contributed by atoms with Crippen molar-refractivity contribution in [2.45, 2.75) is 117 Å². The maximum atomic E-state index is 11.7. The Hall–Kier alpha value is -2.84. The normalized spacial score (nSPS) is 14.3. The van der Waals surface area contributed by atoms with Gasteiger partial charge in [-0.05, 0) is 120 Å². The Kier molecular flexibility index (Phi) is 20.9. The molecule has 1 heterocycles. The molecule has 12 heteroatoms. The molecule has 0 saturated carbocycles. The van der Waals surface area contributed by atoms with Gasteiger partial charge in [0, 0.05) is 24.2 Å². The summed E-state index contributed by atoms with van der Waals surface area (Å²) in [6, 6.07) is 31.5. The smallest absolute Gasteiger partial charge is 0.466 e. The van der Waals surface area contributed by atoms with Crippen LogP contribution >= 0.6 is 47.8 Å². The van der Waals surface area contributed by atoms with E-state index in [4.69, 9.17) is 23.9 Å². The minimum Gasteiger partial charge on any atom is -0.466 e. The molecule has 1 fully saturated rings. The average Bonchev–Trinajstić information content (AvgIpc) is 3.42. The number of aliphatic hydroxyl groups excluding tert-OH is 2. The van der Waals surface area contributed by atoms with Crippen molar-refractivity contribution in [3.8, 4) is 0 Å². The molecule has 1 aliphatic rings. The highest BCUT2D eigenvalue weighted by atomic mass is 79.9. The molecule has 0 amide bonds. The molecule has 1 saturated heterocycles. The molecule has 4 aromatic carbocycles. The zero-order valence-corrected chi connectivity index (χ0v) is 42.1. The second-order valence-corrected chi connectivity index (χ2v) is 20.0. The lowest BCUT2D eigenvalue weighted by Crippen LogP contribution is -2.41. The van der Waals surface area contributed by atoms with Crippen molar-refractivity contribution in [1.82, 2.24) is 0 Å². The average molecular weight is 1020 g/mol. The number of aliphatic hydroxyl groups is 2. The zero-order chi connectivity index (χ0) is 45.5. The first-order chi connectivity index (χ1) is 27.8. The van der Waals surface area contributed by atoms with Gasteiger partial charge in [-0.2, -0.15) is 0 Å². The van der Waals surface area contributed by atoms with Gasteiger partial charge in [0.05, 0.1) is 49.5 Å². The van der Waals surface area contributed by atoms with Gasteiger partial charge in [0.25, 0.3) is 0 Å². The van der Waals surface area contributed by atoms with Crippen LogP contribution in [0.4, 0.5) is 0 Å². The molecule has 0 radical (unpaired) electrons. The van der Waals surface area contributed by atoms with Gasteiger partial charge in [-0.15, -0.1) is 0 Å². The van der Waals surface area contributed by atoms with Crippen LogP contribution in [0.1, 0.15) is 105 Å². The summed E-state index contributed by atoms with van der Waals surface area (Å²) in [6.07, 6.45) is 0.348. The Balaban J connectivity index is 0.000000282. The van der Waals surface area contributed by atoms with Crippen LogP contribution in [0.15, 0.2) is 110 Å². The van der Waals surface area contributed by atoms with Crippen LogP contribution in [0.25, 0.3) is 0 Å². The Morgan fingerprint density at radius 1 is 0.583 bits per heavy atom. The quantitative estimate of drug-likeness (QED) is 0.113. The standard InChI is InChI=1S/C16H25BO3.C12H15BrO2.C10H11BrO2.C10H13BrO/c1-14(2,11-18)12-7-9-13(10-8-12)17-19-15(3,4)16(5,6)20-17;1-4-15-11(14)12(2,3)9-5-7-10(13)8-6-9;1-2-13-10(12)7-8-3-5-9(11)6-4-8;1-10(2,7-12)8-3-5-9(11)6-4-8/h7-10,18H,11H2,1-6H3;5-8H,4H2,1-3H3;3-6H,2,7H2,1H3;3-6,12H,7H2,1-2H3. The fourth-order valence-corrected chi connectivity index (χ4v) is 6.22. The summed E-state index contributed by atoms with van der Waals surface area (Å²) in [5.74, 6) is -0.364. The molecule has 0 atom stereocenters. The molecule has 1 aliphatic heterocycles. The highest BCUT2D eigenvalue weighted by molar-refractivity contribution is 9.11. The summed E-state index contributed by atoms with van der Waals surface area (Å²) < 4.78 is 25.0. The number of halogens is 3. The minimum absolute atomic E-state index is 0.128. The van der Waals surface area contributed by atoms with Crippen molar-refractivity contribution in [3.63, 3.8) is 0 Å². The second kappa shape index (κ2) is 23.6. The van der Waals surface area contributed by atoms with Gasteiger partial charge in [0.1, 0.15) is 0 Å². The Morgan fingerprint density at radius 3 is 1.30 bits per heavy atom. The van der Waals surface area contributed by atoms with Gasteiger partial charge < -0.3 is 29.0 Å². The Morgan fingerprint density at radius 2 is 0.933 bits per heavy atom. The molecule has 2 N–H and O–H groups in total. The van der Waals surface area contributed by atoms with Crippen LogP contribution in [0.2, 0.25) is 0 Å².